The van der Waals surface area contributed by atoms with Gasteiger partial charge < -0.3 is 4.42 Å². The number of fused-ring (bicyclic) bond motifs is 7. The molecule has 0 unspecified atom stereocenters. The van der Waals surface area contributed by atoms with Gasteiger partial charge in [0.15, 0.2) is 0 Å². The lowest BCUT2D eigenvalue weighted by molar-refractivity contribution is 0.674. The van der Waals surface area contributed by atoms with Crippen molar-refractivity contribution in [2.45, 2.75) is 0 Å². The van der Waals surface area contributed by atoms with E-state index in [-0.39, 0.29) is 0 Å². The van der Waals surface area contributed by atoms with Crippen molar-refractivity contribution in [2.75, 3.05) is 0 Å². The summed E-state index contributed by atoms with van der Waals surface area (Å²) < 4.78 is 6.76. The first-order valence-electron chi connectivity index (χ1n) is 12.7. The van der Waals surface area contributed by atoms with Crippen molar-refractivity contribution in [3.63, 3.8) is 0 Å². The predicted octanol–water partition coefficient (Wildman–Crippen LogP) is 10.4. The van der Waals surface area contributed by atoms with Crippen molar-refractivity contribution >= 4 is 54.3 Å². The molecule has 0 aliphatic heterocycles. The van der Waals surface area contributed by atoms with Crippen LogP contribution >= 0.6 is 0 Å². The van der Waals surface area contributed by atoms with Crippen LogP contribution < -0.4 is 0 Å². The molecule has 8 aromatic rings. The lowest BCUT2D eigenvalue weighted by Gasteiger charge is -2.17. The minimum Gasteiger partial charge on any atom is -0.455 e. The fourth-order valence-electron chi connectivity index (χ4n) is 6.06. The summed E-state index contributed by atoms with van der Waals surface area (Å²) in [6.45, 7) is 0. The van der Waals surface area contributed by atoms with Gasteiger partial charge >= 0.3 is 0 Å². The van der Waals surface area contributed by atoms with E-state index in [1.54, 1.807) is 0 Å². The molecule has 0 aliphatic rings. The zero-order valence-corrected chi connectivity index (χ0v) is 20.1. The third kappa shape index (κ3) is 2.92. The van der Waals surface area contributed by atoms with Crippen LogP contribution in [0.5, 0.6) is 0 Å². The molecule has 172 valence electrons. The molecular weight excluding hydrogens is 448 g/mol. The molecule has 0 atom stereocenters. The average Bonchev–Trinajstić information content (AvgIpc) is 3.36. The number of hydrogen-bond donors (Lipinski definition) is 0. The second kappa shape index (κ2) is 7.81. The van der Waals surface area contributed by atoms with Gasteiger partial charge in [0.1, 0.15) is 11.2 Å². The molecule has 1 heteroatoms. The second-order valence-electron chi connectivity index (χ2n) is 9.65. The molecule has 37 heavy (non-hydrogen) atoms. The molecule has 0 fully saturated rings. The Labute approximate surface area is 214 Å². The van der Waals surface area contributed by atoms with Gasteiger partial charge in [-0.25, -0.2) is 0 Å². The monoisotopic (exact) mass is 470 g/mol. The van der Waals surface area contributed by atoms with E-state index >= 15 is 0 Å². The van der Waals surface area contributed by atoms with Crippen molar-refractivity contribution < 1.29 is 4.42 Å². The van der Waals surface area contributed by atoms with E-state index in [0.29, 0.717) is 0 Å². The molecule has 0 aliphatic carbocycles. The highest BCUT2D eigenvalue weighted by Crippen LogP contribution is 2.46. The Hall–Kier alpha value is -4.88. The van der Waals surface area contributed by atoms with Gasteiger partial charge in [-0.1, -0.05) is 127 Å². The minimum atomic E-state index is 0.941. The van der Waals surface area contributed by atoms with E-state index in [9.17, 15) is 0 Å². The minimum absolute atomic E-state index is 0.941. The highest BCUT2D eigenvalue weighted by atomic mass is 16.3. The largest absolute Gasteiger partial charge is 0.455 e. The van der Waals surface area contributed by atoms with Crippen LogP contribution in [0.1, 0.15) is 0 Å². The van der Waals surface area contributed by atoms with Crippen LogP contribution in [-0.4, -0.2) is 0 Å². The molecular formula is C36H22O. The Balaban J connectivity index is 1.55. The first-order valence-corrected chi connectivity index (χ1v) is 12.7. The van der Waals surface area contributed by atoms with Crippen LogP contribution in [0, 0.1) is 0 Å². The topological polar surface area (TPSA) is 13.1 Å². The van der Waals surface area contributed by atoms with Crippen molar-refractivity contribution in [3.05, 3.63) is 133 Å². The van der Waals surface area contributed by atoms with E-state index in [2.05, 4.69) is 133 Å². The maximum atomic E-state index is 6.76. The predicted molar refractivity (Wildman–Crippen MR) is 157 cm³/mol. The summed E-state index contributed by atoms with van der Waals surface area (Å²) in [6, 6.07) is 47.7. The van der Waals surface area contributed by atoms with Gasteiger partial charge in [-0.2, -0.15) is 0 Å². The van der Waals surface area contributed by atoms with Crippen molar-refractivity contribution in [1.82, 2.24) is 0 Å². The van der Waals surface area contributed by atoms with E-state index in [1.807, 2.05) is 0 Å². The molecule has 0 amide bonds. The highest BCUT2D eigenvalue weighted by Gasteiger charge is 2.20. The molecule has 1 heterocycles. The average molecular weight is 471 g/mol. The Kier molecular flexibility index (Phi) is 4.29. The molecule has 1 nitrogen and oxygen atoms in total. The van der Waals surface area contributed by atoms with Gasteiger partial charge in [0.25, 0.3) is 0 Å². The summed E-state index contributed by atoms with van der Waals surface area (Å²) in [4.78, 5) is 0. The first-order chi connectivity index (χ1) is 18.4. The third-order valence-corrected chi connectivity index (χ3v) is 7.65. The van der Waals surface area contributed by atoms with Crippen molar-refractivity contribution in [1.29, 1.82) is 0 Å². The molecule has 8 rings (SSSR count). The van der Waals surface area contributed by atoms with Gasteiger partial charge in [-0.15, -0.1) is 0 Å². The van der Waals surface area contributed by atoms with E-state index in [1.165, 1.54) is 43.6 Å². The molecule has 0 bridgehead atoms. The maximum absolute atomic E-state index is 6.76. The molecule has 0 saturated heterocycles. The first kappa shape index (κ1) is 20.3. The summed E-state index contributed by atoms with van der Waals surface area (Å²) in [5, 5.41) is 9.62. The van der Waals surface area contributed by atoms with Crippen LogP contribution in [0.3, 0.4) is 0 Å². The fraction of sp³-hybridized carbons (Fsp3) is 0. The normalized spacial score (nSPS) is 11.8. The maximum Gasteiger partial charge on any atom is 0.143 e. The van der Waals surface area contributed by atoms with Gasteiger partial charge in [0.05, 0.1) is 0 Å². The highest BCUT2D eigenvalue weighted by molar-refractivity contribution is 6.25. The number of rotatable bonds is 2. The summed E-state index contributed by atoms with van der Waals surface area (Å²) in [7, 11) is 0. The van der Waals surface area contributed by atoms with Crippen LogP contribution in [0.15, 0.2) is 138 Å². The molecule has 1 aromatic heterocycles. The molecule has 0 N–H and O–H groups in total. The van der Waals surface area contributed by atoms with Gasteiger partial charge in [-0.3, -0.25) is 0 Å². The van der Waals surface area contributed by atoms with E-state index in [4.69, 9.17) is 4.42 Å². The quantitative estimate of drug-likeness (QED) is 0.229. The van der Waals surface area contributed by atoms with Gasteiger partial charge in [-0.05, 0) is 44.1 Å². The molecule has 7 aromatic carbocycles. The number of para-hydroxylation sites is 1. The summed E-state index contributed by atoms with van der Waals surface area (Å²) in [5.74, 6) is 0. The Morgan fingerprint density at radius 2 is 0.865 bits per heavy atom. The molecule has 0 radical (unpaired) electrons. The Bertz CT molecular complexity index is 2070. The van der Waals surface area contributed by atoms with Crippen molar-refractivity contribution in [3.8, 4) is 22.3 Å². The lowest BCUT2D eigenvalue weighted by atomic mass is 9.85. The van der Waals surface area contributed by atoms with E-state index in [0.717, 1.165) is 32.9 Å². The zero-order valence-electron chi connectivity index (χ0n) is 20.1. The van der Waals surface area contributed by atoms with Crippen LogP contribution in [0.4, 0.5) is 0 Å². The lowest BCUT2D eigenvalue weighted by Crippen LogP contribution is -1.90. The number of benzene rings is 7. The third-order valence-electron chi connectivity index (χ3n) is 7.65. The summed E-state index contributed by atoms with van der Waals surface area (Å²) in [6.07, 6.45) is 0. The van der Waals surface area contributed by atoms with Crippen LogP contribution in [0.2, 0.25) is 0 Å². The van der Waals surface area contributed by atoms with Crippen molar-refractivity contribution in [2.24, 2.45) is 0 Å². The molecule has 0 saturated carbocycles. The second-order valence-corrected chi connectivity index (χ2v) is 9.65. The Morgan fingerprint density at radius 3 is 1.57 bits per heavy atom. The SMILES string of the molecule is c1ccc(-c2c3ccccc3c(-c3cccc4c3oc3c5ccccc5ccc43)c3ccccc23)cc1. The number of furan rings is 1. The fourth-order valence-corrected chi connectivity index (χ4v) is 6.06. The molecule has 0 spiro atoms. The smallest absolute Gasteiger partial charge is 0.143 e. The standard InChI is InChI=1S/C36H22O/c1-2-12-24(13-3-1)33-26-15-6-8-17-28(26)34(29-18-9-7-16-27(29)33)32-20-10-19-30-31-22-21-23-11-4-5-14-25(23)35(31)37-36(30)32/h1-22H. The van der Waals surface area contributed by atoms with E-state index < -0.39 is 0 Å². The summed E-state index contributed by atoms with van der Waals surface area (Å²) in [5.41, 5.74) is 6.75. The zero-order chi connectivity index (χ0) is 24.3. The summed E-state index contributed by atoms with van der Waals surface area (Å²) >= 11 is 0. The van der Waals surface area contributed by atoms with Crippen LogP contribution in [-0.2, 0) is 0 Å². The number of hydrogen-bond acceptors (Lipinski definition) is 1. The van der Waals surface area contributed by atoms with Gasteiger partial charge in [0.2, 0.25) is 0 Å². The Morgan fingerprint density at radius 1 is 0.324 bits per heavy atom. The van der Waals surface area contributed by atoms with Crippen LogP contribution in [0.25, 0.3) is 76.5 Å². The van der Waals surface area contributed by atoms with Gasteiger partial charge in [0, 0.05) is 27.3 Å².